The predicted octanol–water partition coefficient (Wildman–Crippen LogP) is 2.34. The predicted molar refractivity (Wildman–Crippen MR) is 56.9 cm³/mol. The van der Waals surface area contributed by atoms with E-state index in [1.54, 1.807) is 0 Å². The molecule has 0 atom stereocenters. The van der Waals surface area contributed by atoms with Crippen molar-refractivity contribution in [2.24, 2.45) is 17.3 Å². The fourth-order valence-corrected chi connectivity index (χ4v) is 2.78. The maximum absolute atomic E-state index is 11.5. The third-order valence-corrected chi connectivity index (χ3v) is 3.74. The normalized spacial score (nSPS) is 33.5. The zero-order valence-electron chi connectivity index (χ0n) is 9.31. The van der Waals surface area contributed by atoms with Crippen LogP contribution in [0.3, 0.4) is 0 Å². The number of amides is 1. The summed E-state index contributed by atoms with van der Waals surface area (Å²) in [6.07, 6.45) is 5.86. The van der Waals surface area contributed by atoms with Gasteiger partial charge in [0.2, 0.25) is 5.91 Å². The summed E-state index contributed by atoms with van der Waals surface area (Å²) < 4.78 is 0. The van der Waals surface area contributed by atoms with Gasteiger partial charge in [0.25, 0.3) is 0 Å². The van der Waals surface area contributed by atoms with Gasteiger partial charge in [0.15, 0.2) is 0 Å². The van der Waals surface area contributed by atoms with E-state index in [0.717, 1.165) is 25.3 Å². The topological polar surface area (TPSA) is 29.1 Å². The molecule has 3 aliphatic carbocycles. The van der Waals surface area contributed by atoms with Crippen molar-refractivity contribution in [3.8, 4) is 0 Å². The summed E-state index contributed by atoms with van der Waals surface area (Å²) in [6, 6.07) is 0. The van der Waals surface area contributed by atoms with Crippen molar-refractivity contribution >= 4 is 5.91 Å². The smallest absolute Gasteiger partial charge is 0.220 e. The lowest BCUT2D eigenvalue weighted by atomic mass is 9.43. The molecule has 1 N–H and O–H groups in total. The van der Waals surface area contributed by atoms with Gasteiger partial charge >= 0.3 is 0 Å². The van der Waals surface area contributed by atoms with Crippen LogP contribution in [-0.2, 0) is 4.79 Å². The summed E-state index contributed by atoms with van der Waals surface area (Å²) in [6.45, 7) is 5.23. The largest absolute Gasteiger partial charge is 0.356 e. The minimum absolute atomic E-state index is 0.281. The lowest BCUT2D eigenvalue weighted by Crippen LogP contribution is -2.53. The fraction of sp³-hybridized carbons (Fsp3) is 0.917. The first kappa shape index (κ1) is 10.0. The number of nitrogens with one attached hydrogen (secondary N) is 1. The van der Waals surface area contributed by atoms with E-state index in [0.29, 0.717) is 11.3 Å². The van der Waals surface area contributed by atoms with Gasteiger partial charge in [0.05, 0.1) is 0 Å². The Morgan fingerprint density at radius 1 is 1.43 bits per heavy atom. The molecule has 0 aliphatic heterocycles. The molecule has 3 fully saturated rings. The maximum Gasteiger partial charge on any atom is 0.220 e. The molecule has 2 bridgehead atoms. The van der Waals surface area contributed by atoms with E-state index in [9.17, 15) is 4.79 Å². The Balaban J connectivity index is 1.59. The molecule has 0 heterocycles. The highest BCUT2D eigenvalue weighted by molar-refractivity contribution is 5.77. The number of hydrogen-bond acceptors (Lipinski definition) is 1. The quantitative estimate of drug-likeness (QED) is 0.716. The molecule has 0 aromatic rings. The highest BCUT2D eigenvalue weighted by atomic mass is 16.1. The van der Waals surface area contributed by atoms with Crippen LogP contribution in [0.5, 0.6) is 0 Å². The minimum atomic E-state index is 0.281. The first-order chi connectivity index (χ1) is 6.60. The van der Waals surface area contributed by atoms with E-state index in [2.05, 4.69) is 19.2 Å². The van der Waals surface area contributed by atoms with E-state index in [1.807, 2.05) is 0 Å². The molecule has 1 amide bonds. The minimum Gasteiger partial charge on any atom is -0.356 e. The third kappa shape index (κ3) is 1.94. The van der Waals surface area contributed by atoms with Gasteiger partial charge in [-0.1, -0.05) is 13.8 Å². The van der Waals surface area contributed by atoms with Gasteiger partial charge in [0, 0.05) is 13.0 Å². The van der Waals surface area contributed by atoms with Crippen LogP contribution < -0.4 is 5.32 Å². The maximum atomic E-state index is 11.5. The second-order valence-corrected chi connectivity index (χ2v) is 5.69. The third-order valence-electron chi connectivity index (χ3n) is 3.74. The highest BCUT2D eigenvalue weighted by Crippen LogP contribution is 2.66. The van der Waals surface area contributed by atoms with Crippen molar-refractivity contribution in [1.29, 1.82) is 0 Å². The Kier molecular flexibility index (Phi) is 2.54. The number of carbonyl (C=O) groups excluding carboxylic acids is 1. The second-order valence-electron chi connectivity index (χ2n) is 5.69. The SMILES string of the molecule is CC(C)CCNC(=O)CC12CC(C1)C2. The summed E-state index contributed by atoms with van der Waals surface area (Å²) in [7, 11) is 0. The van der Waals surface area contributed by atoms with Crippen LogP contribution in [-0.4, -0.2) is 12.5 Å². The van der Waals surface area contributed by atoms with Gasteiger partial charge in [-0.2, -0.15) is 0 Å². The van der Waals surface area contributed by atoms with Crippen LogP contribution in [0.1, 0.15) is 46.0 Å². The summed E-state index contributed by atoms with van der Waals surface area (Å²) in [5, 5.41) is 3.02. The number of hydrogen-bond donors (Lipinski definition) is 1. The molecular formula is C12H21NO. The molecule has 3 saturated carbocycles. The molecule has 3 aliphatic rings. The Hall–Kier alpha value is -0.530. The van der Waals surface area contributed by atoms with Gasteiger partial charge in [0.1, 0.15) is 0 Å². The van der Waals surface area contributed by atoms with Crippen LogP contribution in [0.15, 0.2) is 0 Å². The summed E-state index contributed by atoms with van der Waals surface area (Å²) >= 11 is 0. The molecule has 2 nitrogen and oxygen atoms in total. The van der Waals surface area contributed by atoms with E-state index < -0.39 is 0 Å². The summed E-state index contributed by atoms with van der Waals surface area (Å²) in [4.78, 5) is 11.5. The van der Waals surface area contributed by atoms with Crippen molar-refractivity contribution in [1.82, 2.24) is 5.32 Å². The number of carbonyl (C=O) groups is 1. The van der Waals surface area contributed by atoms with Gasteiger partial charge in [-0.25, -0.2) is 0 Å². The molecule has 0 radical (unpaired) electrons. The van der Waals surface area contributed by atoms with Crippen LogP contribution in [0.2, 0.25) is 0 Å². The molecule has 0 saturated heterocycles. The molecule has 2 heteroatoms. The van der Waals surface area contributed by atoms with E-state index in [4.69, 9.17) is 0 Å². The first-order valence-corrected chi connectivity index (χ1v) is 5.86. The van der Waals surface area contributed by atoms with Gasteiger partial charge in [-0.05, 0) is 42.9 Å². The Bertz CT molecular complexity index is 217. The van der Waals surface area contributed by atoms with Gasteiger partial charge in [-0.3, -0.25) is 4.79 Å². The highest BCUT2D eigenvalue weighted by Gasteiger charge is 2.56. The Morgan fingerprint density at radius 2 is 2.07 bits per heavy atom. The summed E-state index contributed by atoms with van der Waals surface area (Å²) in [5.74, 6) is 1.95. The van der Waals surface area contributed by atoms with Gasteiger partial charge < -0.3 is 5.32 Å². The molecule has 0 unspecified atom stereocenters. The molecule has 0 aromatic carbocycles. The fourth-order valence-electron chi connectivity index (χ4n) is 2.78. The molecule has 0 aromatic heterocycles. The van der Waals surface area contributed by atoms with Crippen molar-refractivity contribution in [2.75, 3.05) is 6.54 Å². The van der Waals surface area contributed by atoms with Crippen LogP contribution in [0, 0.1) is 17.3 Å². The molecule has 14 heavy (non-hydrogen) atoms. The van der Waals surface area contributed by atoms with Crippen molar-refractivity contribution < 1.29 is 4.79 Å². The van der Waals surface area contributed by atoms with Gasteiger partial charge in [-0.15, -0.1) is 0 Å². The lowest BCUT2D eigenvalue weighted by molar-refractivity contribution is -0.144. The lowest BCUT2D eigenvalue weighted by Gasteiger charge is -2.61. The Labute approximate surface area is 86.5 Å². The van der Waals surface area contributed by atoms with E-state index in [-0.39, 0.29) is 5.91 Å². The first-order valence-electron chi connectivity index (χ1n) is 5.86. The molecule has 3 rings (SSSR count). The van der Waals surface area contributed by atoms with E-state index in [1.165, 1.54) is 19.3 Å². The average Bonchev–Trinajstić information content (AvgIpc) is 1.94. The van der Waals surface area contributed by atoms with Crippen molar-refractivity contribution in [3.05, 3.63) is 0 Å². The van der Waals surface area contributed by atoms with Crippen molar-refractivity contribution in [3.63, 3.8) is 0 Å². The van der Waals surface area contributed by atoms with Crippen LogP contribution in [0.25, 0.3) is 0 Å². The standard InChI is InChI=1S/C12H21NO/c1-9(2)3-4-13-11(14)8-12-5-10(6-12)7-12/h9-10H,3-8H2,1-2H3,(H,13,14). The zero-order valence-corrected chi connectivity index (χ0v) is 9.31. The van der Waals surface area contributed by atoms with Crippen LogP contribution in [0.4, 0.5) is 0 Å². The zero-order chi connectivity index (χ0) is 10.2. The van der Waals surface area contributed by atoms with E-state index >= 15 is 0 Å². The van der Waals surface area contributed by atoms with Crippen LogP contribution >= 0.6 is 0 Å². The number of rotatable bonds is 5. The molecule has 0 spiro atoms. The summed E-state index contributed by atoms with van der Waals surface area (Å²) in [5.41, 5.74) is 0.465. The Morgan fingerprint density at radius 3 is 2.50 bits per heavy atom. The monoisotopic (exact) mass is 195 g/mol. The second kappa shape index (κ2) is 3.56. The average molecular weight is 195 g/mol. The van der Waals surface area contributed by atoms with Crippen molar-refractivity contribution in [2.45, 2.75) is 46.0 Å². The molecule has 80 valence electrons. The molecular weight excluding hydrogens is 174 g/mol.